The summed E-state index contributed by atoms with van der Waals surface area (Å²) in [6.07, 6.45) is 8.38. The maximum atomic E-state index is 12.2. The van der Waals surface area contributed by atoms with Crippen molar-refractivity contribution >= 4 is 5.91 Å². The number of carbonyl (C=O) groups is 1. The van der Waals surface area contributed by atoms with E-state index in [0.717, 1.165) is 6.42 Å². The largest absolute Gasteiger partial charge is 0.342 e. The lowest BCUT2D eigenvalue weighted by Gasteiger charge is -2.30. The third kappa shape index (κ3) is 3.48. The Hall–Kier alpha value is -0.570. The van der Waals surface area contributed by atoms with Crippen molar-refractivity contribution in [3.05, 3.63) is 0 Å². The SMILES string of the molecule is CCC(CN)C(=O)N(C)C1CCCCCC1. The van der Waals surface area contributed by atoms with Crippen molar-refractivity contribution in [3.8, 4) is 0 Å². The molecule has 1 saturated carbocycles. The minimum Gasteiger partial charge on any atom is -0.342 e. The summed E-state index contributed by atoms with van der Waals surface area (Å²) in [7, 11) is 1.96. The molecule has 94 valence electrons. The molecule has 1 aliphatic carbocycles. The van der Waals surface area contributed by atoms with Crippen molar-refractivity contribution in [2.24, 2.45) is 11.7 Å². The van der Waals surface area contributed by atoms with Gasteiger partial charge in [0.25, 0.3) is 0 Å². The Balaban J connectivity index is 2.53. The first-order chi connectivity index (χ1) is 7.70. The number of amides is 1. The summed E-state index contributed by atoms with van der Waals surface area (Å²) < 4.78 is 0. The first-order valence-corrected chi connectivity index (χ1v) is 6.67. The molecule has 1 aliphatic rings. The molecule has 0 heterocycles. The van der Waals surface area contributed by atoms with Gasteiger partial charge >= 0.3 is 0 Å². The van der Waals surface area contributed by atoms with E-state index in [0.29, 0.717) is 12.6 Å². The average Bonchev–Trinajstić information content (AvgIpc) is 2.58. The van der Waals surface area contributed by atoms with Gasteiger partial charge in [0.05, 0.1) is 5.92 Å². The molecular weight excluding hydrogens is 200 g/mol. The van der Waals surface area contributed by atoms with Gasteiger partial charge in [-0.15, -0.1) is 0 Å². The highest BCUT2D eigenvalue weighted by Crippen LogP contribution is 2.22. The Bertz CT molecular complexity index is 206. The van der Waals surface area contributed by atoms with E-state index in [4.69, 9.17) is 5.73 Å². The van der Waals surface area contributed by atoms with Crippen molar-refractivity contribution in [2.45, 2.75) is 57.9 Å². The number of nitrogens with zero attached hydrogens (tertiary/aromatic N) is 1. The van der Waals surface area contributed by atoms with Crippen LogP contribution in [0, 0.1) is 5.92 Å². The van der Waals surface area contributed by atoms with Crippen LogP contribution < -0.4 is 5.73 Å². The van der Waals surface area contributed by atoms with E-state index < -0.39 is 0 Å². The third-order valence-electron chi connectivity index (χ3n) is 3.85. The standard InChI is InChI=1S/C13H26N2O/c1-3-11(10-14)13(16)15(2)12-8-6-4-5-7-9-12/h11-12H,3-10,14H2,1-2H3. The highest BCUT2D eigenvalue weighted by molar-refractivity contribution is 5.79. The van der Waals surface area contributed by atoms with E-state index in [-0.39, 0.29) is 11.8 Å². The van der Waals surface area contributed by atoms with Crippen molar-refractivity contribution in [3.63, 3.8) is 0 Å². The van der Waals surface area contributed by atoms with Crippen LogP contribution >= 0.6 is 0 Å². The molecule has 0 aromatic rings. The first kappa shape index (κ1) is 13.5. The number of carbonyl (C=O) groups excluding carboxylic acids is 1. The number of rotatable bonds is 4. The fourth-order valence-corrected chi connectivity index (χ4v) is 2.56. The highest BCUT2D eigenvalue weighted by atomic mass is 16.2. The molecule has 0 spiro atoms. The topological polar surface area (TPSA) is 46.3 Å². The Labute approximate surface area is 99.4 Å². The van der Waals surface area contributed by atoms with Crippen molar-refractivity contribution in [1.29, 1.82) is 0 Å². The van der Waals surface area contributed by atoms with E-state index in [1.54, 1.807) is 0 Å². The van der Waals surface area contributed by atoms with E-state index in [1.807, 2.05) is 18.9 Å². The molecule has 1 fully saturated rings. The molecule has 0 saturated heterocycles. The van der Waals surface area contributed by atoms with E-state index in [9.17, 15) is 4.79 Å². The van der Waals surface area contributed by atoms with Gasteiger partial charge in [-0.3, -0.25) is 4.79 Å². The summed E-state index contributed by atoms with van der Waals surface area (Å²) in [5, 5.41) is 0. The smallest absolute Gasteiger partial charge is 0.226 e. The van der Waals surface area contributed by atoms with Gasteiger partial charge < -0.3 is 10.6 Å². The molecule has 0 aromatic carbocycles. The predicted octanol–water partition coefficient (Wildman–Crippen LogP) is 2.15. The lowest BCUT2D eigenvalue weighted by atomic mass is 10.0. The van der Waals surface area contributed by atoms with Crippen LogP contribution in [0.2, 0.25) is 0 Å². The Morgan fingerprint density at radius 1 is 1.31 bits per heavy atom. The molecule has 1 amide bonds. The third-order valence-corrected chi connectivity index (χ3v) is 3.85. The van der Waals surface area contributed by atoms with Gasteiger partial charge in [0.1, 0.15) is 0 Å². The van der Waals surface area contributed by atoms with E-state index in [1.165, 1.54) is 38.5 Å². The van der Waals surface area contributed by atoms with Gasteiger partial charge in [-0.2, -0.15) is 0 Å². The molecule has 16 heavy (non-hydrogen) atoms. The Morgan fingerprint density at radius 3 is 2.31 bits per heavy atom. The van der Waals surface area contributed by atoms with Crippen LogP contribution in [0.4, 0.5) is 0 Å². The van der Waals surface area contributed by atoms with Gasteiger partial charge in [0.2, 0.25) is 5.91 Å². The quantitative estimate of drug-likeness (QED) is 0.747. The summed E-state index contributed by atoms with van der Waals surface area (Å²) in [4.78, 5) is 14.1. The molecule has 0 aromatic heterocycles. The zero-order chi connectivity index (χ0) is 12.0. The Kier molecular flexibility index (Phi) is 5.81. The summed E-state index contributed by atoms with van der Waals surface area (Å²) in [6, 6.07) is 0.454. The zero-order valence-electron chi connectivity index (χ0n) is 10.7. The highest BCUT2D eigenvalue weighted by Gasteiger charge is 2.25. The maximum absolute atomic E-state index is 12.2. The van der Waals surface area contributed by atoms with E-state index >= 15 is 0 Å². The predicted molar refractivity (Wildman–Crippen MR) is 67.1 cm³/mol. The summed E-state index contributed by atoms with van der Waals surface area (Å²) in [5.41, 5.74) is 5.63. The monoisotopic (exact) mass is 226 g/mol. The fraction of sp³-hybridized carbons (Fsp3) is 0.923. The normalized spacial score (nSPS) is 20.2. The zero-order valence-corrected chi connectivity index (χ0v) is 10.7. The first-order valence-electron chi connectivity index (χ1n) is 6.67. The van der Waals surface area contributed by atoms with Gasteiger partial charge in [-0.25, -0.2) is 0 Å². The molecule has 0 aliphatic heterocycles. The number of hydrogen-bond acceptors (Lipinski definition) is 2. The van der Waals surface area contributed by atoms with Gasteiger partial charge in [0, 0.05) is 19.6 Å². The second kappa shape index (κ2) is 6.89. The minimum absolute atomic E-state index is 0.0215. The van der Waals surface area contributed by atoms with Crippen LogP contribution in [0.15, 0.2) is 0 Å². The summed E-state index contributed by atoms with van der Waals surface area (Å²) in [5.74, 6) is 0.269. The molecular formula is C13H26N2O. The molecule has 1 unspecified atom stereocenters. The number of hydrogen-bond donors (Lipinski definition) is 1. The second-order valence-electron chi connectivity index (χ2n) is 4.94. The molecule has 1 atom stereocenters. The number of nitrogens with two attached hydrogens (primary N) is 1. The summed E-state index contributed by atoms with van der Waals surface area (Å²) >= 11 is 0. The van der Waals surface area contributed by atoms with Crippen LogP contribution in [-0.4, -0.2) is 30.4 Å². The Morgan fingerprint density at radius 2 is 1.88 bits per heavy atom. The molecule has 0 bridgehead atoms. The van der Waals surface area contributed by atoms with Crippen LogP contribution in [0.1, 0.15) is 51.9 Å². The van der Waals surface area contributed by atoms with Crippen LogP contribution in [0.5, 0.6) is 0 Å². The molecule has 3 nitrogen and oxygen atoms in total. The second-order valence-corrected chi connectivity index (χ2v) is 4.94. The molecule has 3 heteroatoms. The van der Waals surface area contributed by atoms with Gasteiger partial charge in [0.15, 0.2) is 0 Å². The van der Waals surface area contributed by atoms with Gasteiger partial charge in [-0.05, 0) is 19.3 Å². The van der Waals surface area contributed by atoms with Crippen LogP contribution in [0.25, 0.3) is 0 Å². The molecule has 1 rings (SSSR count). The minimum atomic E-state index is 0.0215. The van der Waals surface area contributed by atoms with Crippen molar-refractivity contribution in [2.75, 3.05) is 13.6 Å². The summed E-state index contributed by atoms with van der Waals surface area (Å²) in [6.45, 7) is 2.52. The maximum Gasteiger partial charge on any atom is 0.226 e. The van der Waals surface area contributed by atoms with Crippen LogP contribution in [0.3, 0.4) is 0 Å². The molecule has 0 radical (unpaired) electrons. The van der Waals surface area contributed by atoms with Crippen molar-refractivity contribution in [1.82, 2.24) is 4.90 Å². The van der Waals surface area contributed by atoms with Crippen molar-refractivity contribution < 1.29 is 4.79 Å². The average molecular weight is 226 g/mol. The van der Waals surface area contributed by atoms with E-state index in [2.05, 4.69) is 0 Å². The lowest BCUT2D eigenvalue weighted by Crippen LogP contribution is -2.42. The fourth-order valence-electron chi connectivity index (χ4n) is 2.56. The van der Waals surface area contributed by atoms with Crippen LogP contribution in [-0.2, 0) is 4.79 Å². The molecule has 2 N–H and O–H groups in total. The van der Waals surface area contributed by atoms with Gasteiger partial charge in [-0.1, -0.05) is 32.6 Å². The lowest BCUT2D eigenvalue weighted by molar-refractivity contribution is -0.136.